The Hall–Kier alpha value is -1.03. The van der Waals surface area contributed by atoms with Gasteiger partial charge in [0, 0.05) is 6.54 Å². The highest BCUT2D eigenvalue weighted by molar-refractivity contribution is 5.75. The van der Waals surface area contributed by atoms with E-state index < -0.39 is 36.8 Å². The number of carbonyl (C=O) groups excluding carboxylic acids is 1. The maximum Gasteiger partial charge on any atom is 0.522 e. The molecule has 0 N–H and O–H groups in total. The zero-order chi connectivity index (χ0) is 15.9. The maximum atomic E-state index is 12.2. The topological polar surface area (TPSA) is 38.8 Å². The number of carbonyl (C=O) groups is 1. The second kappa shape index (κ2) is 5.31. The number of ether oxygens (including phenoxy) is 2. The SMILES string of the molecule is O=C(OC[C@@]12CCCN1C[C@@H](OC(F)(F)F)C2)C(F)(F)F. The lowest BCUT2D eigenvalue weighted by atomic mass is 9.94. The maximum absolute atomic E-state index is 12.2. The first-order chi connectivity index (χ1) is 9.52. The van der Waals surface area contributed by atoms with Crippen molar-refractivity contribution in [3.8, 4) is 0 Å². The fraction of sp³-hybridized carbons (Fsp3) is 0.909. The Labute approximate surface area is 116 Å². The third-order valence-corrected chi connectivity index (χ3v) is 3.78. The molecule has 0 saturated carbocycles. The Bertz CT molecular complexity index is 410. The van der Waals surface area contributed by atoms with Crippen molar-refractivity contribution in [2.24, 2.45) is 0 Å². The number of hydrogen-bond donors (Lipinski definition) is 0. The van der Waals surface area contributed by atoms with Crippen molar-refractivity contribution >= 4 is 5.97 Å². The van der Waals surface area contributed by atoms with Gasteiger partial charge in [0.15, 0.2) is 0 Å². The van der Waals surface area contributed by atoms with Crippen molar-refractivity contribution in [1.82, 2.24) is 4.90 Å². The molecular formula is C11H13F6NO3. The molecule has 122 valence electrons. The number of halogens is 6. The summed E-state index contributed by atoms with van der Waals surface area (Å²) >= 11 is 0. The zero-order valence-electron chi connectivity index (χ0n) is 10.8. The van der Waals surface area contributed by atoms with Gasteiger partial charge >= 0.3 is 18.5 Å². The Kier molecular flexibility index (Phi) is 4.13. The predicted molar refractivity (Wildman–Crippen MR) is 56.1 cm³/mol. The molecule has 0 aromatic heterocycles. The van der Waals surface area contributed by atoms with E-state index in [2.05, 4.69) is 9.47 Å². The highest BCUT2D eigenvalue weighted by atomic mass is 19.4. The van der Waals surface area contributed by atoms with Crippen LogP contribution >= 0.6 is 0 Å². The summed E-state index contributed by atoms with van der Waals surface area (Å²) in [4.78, 5) is 12.3. The Balaban J connectivity index is 1.98. The van der Waals surface area contributed by atoms with Crippen LogP contribution in [0.3, 0.4) is 0 Å². The van der Waals surface area contributed by atoms with E-state index in [0.29, 0.717) is 19.4 Å². The molecule has 0 aromatic rings. The van der Waals surface area contributed by atoms with E-state index in [9.17, 15) is 31.1 Å². The normalized spacial score (nSPS) is 30.5. The Morgan fingerprint density at radius 2 is 1.90 bits per heavy atom. The van der Waals surface area contributed by atoms with Crippen molar-refractivity contribution in [3.05, 3.63) is 0 Å². The predicted octanol–water partition coefficient (Wildman–Crippen LogP) is 2.24. The summed E-state index contributed by atoms with van der Waals surface area (Å²) in [5.74, 6) is -2.33. The lowest BCUT2D eigenvalue weighted by Gasteiger charge is -2.31. The van der Waals surface area contributed by atoms with Gasteiger partial charge in [-0.15, -0.1) is 13.2 Å². The monoisotopic (exact) mass is 321 g/mol. The fourth-order valence-corrected chi connectivity index (χ4v) is 3.02. The third-order valence-electron chi connectivity index (χ3n) is 3.78. The number of nitrogens with zero attached hydrogens (tertiary/aromatic N) is 1. The first kappa shape index (κ1) is 16.3. The van der Waals surface area contributed by atoms with Gasteiger partial charge in [-0.1, -0.05) is 0 Å². The fourth-order valence-electron chi connectivity index (χ4n) is 3.02. The molecule has 0 bridgehead atoms. The van der Waals surface area contributed by atoms with E-state index >= 15 is 0 Å². The van der Waals surface area contributed by atoms with Crippen LogP contribution in [0.4, 0.5) is 26.3 Å². The summed E-state index contributed by atoms with van der Waals surface area (Å²) in [6.07, 6.45) is -10.2. The molecule has 0 aromatic carbocycles. The van der Waals surface area contributed by atoms with E-state index in [0.717, 1.165) is 0 Å². The molecule has 10 heteroatoms. The number of fused-ring (bicyclic) bond motifs is 1. The van der Waals surface area contributed by atoms with Gasteiger partial charge in [-0.3, -0.25) is 9.64 Å². The second-order valence-corrected chi connectivity index (χ2v) is 5.24. The van der Waals surface area contributed by atoms with Gasteiger partial charge in [0.1, 0.15) is 6.61 Å². The van der Waals surface area contributed by atoms with Crippen LogP contribution < -0.4 is 0 Å². The van der Waals surface area contributed by atoms with Gasteiger partial charge < -0.3 is 4.74 Å². The van der Waals surface area contributed by atoms with Gasteiger partial charge in [-0.25, -0.2) is 4.79 Å². The summed E-state index contributed by atoms with van der Waals surface area (Å²) in [6.45, 7) is -0.173. The van der Waals surface area contributed by atoms with E-state index in [1.807, 2.05) is 0 Å². The molecule has 2 aliphatic heterocycles. The minimum Gasteiger partial charge on any atom is -0.457 e. The van der Waals surface area contributed by atoms with Crippen LogP contribution in [0.2, 0.25) is 0 Å². The molecule has 0 amide bonds. The van der Waals surface area contributed by atoms with Crippen LogP contribution in [-0.2, 0) is 14.3 Å². The quantitative estimate of drug-likeness (QED) is 0.590. The molecule has 2 heterocycles. The van der Waals surface area contributed by atoms with Crippen molar-refractivity contribution in [2.45, 2.75) is 43.4 Å². The lowest BCUT2D eigenvalue weighted by molar-refractivity contribution is -0.340. The highest BCUT2D eigenvalue weighted by Crippen LogP contribution is 2.41. The largest absolute Gasteiger partial charge is 0.522 e. The minimum atomic E-state index is -5.11. The number of rotatable bonds is 3. The van der Waals surface area contributed by atoms with Crippen LogP contribution in [0.25, 0.3) is 0 Å². The van der Waals surface area contributed by atoms with Crippen molar-refractivity contribution in [3.63, 3.8) is 0 Å². The van der Waals surface area contributed by atoms with Crippen LogP contribution in [-0.4, -0.2) is 54.7 Å². The van der Waals surface area contributed by atoms with Crippen molar-refractivity contribution in [1.29, 1.82) is 0 Å². The molecule has 2 fully saturated rings. The summed E-state index contributed by atoms with van der Waals surface area (Å²) in [6, 6.07) is 0. The second-order valence-electron chi connectivity index (χ2n) is 5.24. The van der Waals surface area contributed by atoms with Crippen LogP contribution in [0.5, 0.6) is 0 Å². The molecule has 2 saturated heterocycles. The lowest BCUT2D eigenvalue weighted by Crippen LogP contribution is -2.44. The average molecular weight is 321 g/mol. The molecule has 21 heavy (non-hydrogen) atoms. The van der Waals surface area contributed by atoms with E-state index in [1.165, 1.54) is 0 Å². The molecule has 4 nitrogen and oxygen atoms in total. The van der Waals surface area contributed by atoms with E-state index in [4.69, 9.17) is 0 Å². The molecular weight excluding hydrogens is 308 g/mol. The minimum absolute atomic E-state index is 0.0386. The van der Waals surface area contributed by atoms with Crippen molar-refractivity contribution in [2.75, 3.05) is 19.7 Å². The summed E-state index contributed by atoms with van der Waals surface area (Å²) in [7, 11) is 0. The summed E-state index contributed by atoms with van der Waals surface area (Å²) < 4.78 is 81.1. The first-order valence-corrected chi connectivity index (χ1v) is 6.25. The molecule has 0 spiro atoms. The highest BCUT2D eigenvalue weighted by Gasteiger charge is 2.53. The average Bonchev–Trinajstić information content (AvgIpc) is 2.78. The van der Waals surface area contributed by atoms with Gasteiger partial charge in [0.25, 0.3) is 0 Å². The molecule has 0 unspecified atom stereocenters. The van der Waals surface area contributed by atoms with E-state index in [1.54, 1.807) is 4.90 Å². The first-order valence-electron chi connectivity index (χ1n) is 6.25. The Morgan fingerprint density at radius 1 is 1.24 bits per heavy atom. The van der Waals surface area contributed by atoms with Crippen molar-refractivity contribution < 1.29 is 40.6 Å². The summed E-state index contributed by atoms with van der Waals surface area (Å²) in [5, 5.41) is 0. The number of alkyl halides is 6. The van der Waals surface area contributed by atoms with Crippen LogP contribution in [0.15, 0.2) is 0 Å². The molecule has 2 aliphatic rings. The van der Waals surface area contributed by atoms with Gasteiger partial charge in [0.2, 0.25) is 0 Å². The molecule has 2 rings (SSSR count). The van der Waals surface area contributed by atoms with E-state index in [-0.39, 0.29) is 13.0 Å². The number of hydrogen-bond acceptors (Lipinski definition) is 4. The zero-order valence-corrected chi connectivity index (χ0v) is 10.8. The molecule has 0 aliphatic carbocycles. The summed E-state index contributed by atoms with van der Waals surface area (Å²) in [5.41, 5.74) is -0.989. The molecule has 2 atom stereocenters. The van der Waals surface area contributed by atoms with Gasteiger partial charge in [-0.2, -0.15) is 13.2 Å². The smallest absolute Gasteiger partial charge is 0.457 e. The van der Waals surface area contributed by atoms with Gasteiger partial charge in [-0.05, 0) is 25.8 Å². The molecule has 0 radical (unpaired) electrons. The Morgan fingerprint density at radius 3 is 2.48 bits per heavy atom. The number of esters is 1. The van der Waals surface area contributed by atoms with Crippen LogP contribution in [0, 0.1) is 0 Å². The van der Waals surface area contributed by atoms with Crippen LogP contribution in [0.1, 0.15) is 19.3 Å². The third kappa shape index (κ3) is 3.79. The van der Waals surface area contributed by atoms with Gasteiger partial charge in [0.05, 0.1) is 11.6 Å². The standard InChI is InChI=1S/C11H13F6NO3/c12-10(13,14)8(19)20-6-9-2-1-3-18(9)5-7(4-9)21-11(15,16)17/h7H,1-6H2/t7-,9-/m0/s1.